The van der Waals surface area contributed by atoms with Crippen LogP contribution in [0.4, 0.5) is 5.69 Å². The molecule has 1 saturated heterocycles. The van der Waals surface area contributed by atoms with Crippen molar-refractivity contribution >= 4 is 29.1 Å². The average Bonchev–Trinajstić information content (AvgIpc) is 3.00. The van der Waals surface area contributed by atoms with Crippen LogP contribution in [0.5, 0.6) is 0 Å². The highest BCUT2D eigenvalue weighted by atomic mass is 35.5. The van der Waals surface area contributed by atoms with Crippen molar-refractivity contribution in [3.8, 4) is 0 Å². The molecule has 1 saturated carbocycles. The van der Waals surface area contributed by atoms with Crippen molar-refractivity contribution in [2.24, 2.45) is 11.7 Å². The monoisotopic (exact) mass is 363 g/mol. The Labute approximate surface area is 153 Å². The molecule has 5 nitrogen and oxygen atoms in total. The number of anilines is 1. The summed E-state index contributed by atoms with van der Waals surface area (Å²) >= 11 is 6.09. The zero-order valence-electron chi connectivity index (χ0n) is 14.5. The van der Waals surface area contributed by atoms with Gasteiger partial charge in [-0.3, -0.25) is 9.59 Å². The van der Waals surface area contributed by atoms with Gasteiger partial charge in [-0.1, -0.05) is 18.0 Å². The number of rotatable bonds is 4. The molecule has 2 atom stereocenters. The van der Waals surface area contributed by atoms with Crippen molar-refractivity contribution in [2.75, 3.05) is 18.4 Å². The van der Waals surface area contributed by atoms with E-state index in [1.807, 2.05) is 4.90 Å². The number of likely N-dealkylation sites (tertiary alicyclic amines) is 1. The maximum absolute atomic E-state index is 12.8. The molecule has 1 aromatic rings. The van der Waals surface area contributed by atoms with Gasteiger partial charge in [0.25, 0.3) is 5.91 Å². The molecule has 0 radical (unpaired) electrons. The van der Waals surface area contributed by atoms with Gasteiger partial charge in [-0.25, -0.2) is 0 Å². The number of piperidine rings is 1. The summed E-state index contributed by atoms with van der Waals surface area (Å²) < 4.78 is 0. The largest absolute Gasteiger partial charge is 0.339 e. The van der Waals surface area contributed by atoms with E-state index in [9.17, 15) is 9.59 Å². The lowest BCUT2D eigenvalue weighted by Gasteiger charge is -2.27. The smallest absolute Gasteiger partial charge is 0.255 e. The summed E-state index contributed by atoms with van der Waals surface area (Å²) in [6.45, 7) is 1.54. The van der Waals surface area contributed by atoms with E-state index in [1.54, 1.807) is 18.2 Å². The number of nitrogens with zero attached hydrogens (tertiary/aromatic N) is 1. The quantitative estimate of drug-likeness (QED) is 0.860. The van der Waals surface area contributed by atoms with Gasteiger partial charge in [0, 0.05) is 30.6 Å². The first-order valence-electron chi connectivity index (χ1n) is 9.19. The first-order chi connectivity index (χ1) is 12.0. The first-order valence-corrected chi connectivity index (χ1v) is 9.56. The van der Waals surface area contributed by atoms with Crippen LogP contribution < -0.4 is 11.1 Å². The minimum absolute atomic E-state index is 0.0377. The van der Waals surface area contributed by atoms with Gasteiger partial charge in [-0.2, -0.15) is 0 Å². The number of nitrogens with one attached hydrogen (secondary N) is 1. The summed E-state index contributed by atoms with van der Waals surface area (Å²) in [5.74, 6) is 0.0852. The molecule has 0 unspecified atom stereocenters. The lowest BCUT2D eigenvalue weighted by atomic mass is 9.99. The second-order valence-corrected chi connectivity index (χ2v) is 7.59. The van der Waals surface area contributed by atoms with Crippen LogP contribution in [0.15, 0.2) is 18.2 Å². The van der Waals surface area contributed by atoms with Gasteiger partial charge in [0.1, 0.15) is 0 Å². The highest BCUT2D eigenvalue weighted by Crippen LogP contribution is 2.28. The molecule has 0 bridgehead atoms. The normalized spacial score (nSPS) is 23.5. The number of carbonyl (C=O) groups excluding carboxylic acids is 2. The third-order valence-electron chi connectivity index (χ3n) is 5.29. The predicted octanol–water partition coefficient (Wildman–Crippen LogP) is 3.42. The van der Waals surface area contributed by atoms with E-state index in [-0.39, 0.29) is 23.8 Å². The van der Waals surface area contributed by atoms with Crippen molar-refractivity contribution in [3.63, 3.8) is 0 Å². The Hall–Kier alpha value is -1.59. The Morgan fingerprint density at radius 1 is 1.16 bits per heavy atom. The third-order valence-corrected chi connectivity index (χ3v) is 5.53. The number of hydrogen-bond acceptors (Lipinski definition) is 3. The molecule has 1 aromatic carbocycles. The fourth-order valence-electron chi connectivity index (χ4n) is 3.83. The topological polar surface area (TPSA) is 75.4 Å². The predicted molar refractivity (Wildman–Crippen MR) is 99.8 cm³/mol. The van der Waals surface area contributed by atoms with Gasteiger partial charge in [0.2, 0.25) is 5.91 Å². The van der Waals surface area contributed by atoms with Crippen LogP contribution >= 0.6 is 11.6 Å². The lowest BCUT2D eigenvalue weighted by molar-refractivity contribution is -0.117. The van der Waals surface area contributed by atoms with Crippen molar-refractivity contribution in [1.29, 1.82) is 0 Å². The van der Waals surface area contributed by atoms with Crippen molar-refractivity contribution in [2.45, 2.75) is 51.0 Å². The summed E-state index contributed by atoms with van der Waals surface area (Å²) in [6, 6.07) is 5.16. The fourth-order valence-corrected chi connectivity index (χ4v) is 4.00. The third kappa shape index (κ3) is 4.53. The lowest BCUT2D eigenvalue weighted by Crippen LogP contribution is -2.36. The van der Waals surface area contributed by atoms with Crippen molar-refractivity contribution in [1.82, 2.24) is 4.90 Å². The molecule has 1 aliphatic heterocycles. The van der Waals surface area contributed by atoms with Gasteiger partial charge in [-0.15, -0.1) is 0 Å². The Bertz CT molecular complexity index is 644. The molecule has 6 heteroatoms. The van der Waals surface area contributed by atoms with Gasteiger partial charge in [0.05, 0.1) is 11.3 Å². The molecule has 25 heavy (non-hydrogen) atoms. The van der Waals surface area contributed by atoms with Gasteiger partial charge in [-0.05, 0) is 56.2 Å². The van der Waals surface area contributed by atoms with E-state index in [0.29, 0.717) is 22.7 Å². The highest BCUT2D eigenvalue weighted by molar-refractivity contribution is 6.31. The van der Waals surface area contributed by atoms with E-state index in [0.717, 1.165) is 51.6 Å². The first kappa shape index (κ1) is 18.2. The number of carbonyl (C=O) groups is 2. The van der Waals surface area contributed by atoms with Crippen molar-refractivity contribution < 1.29 is 9.59 Å². The summed E-state index contributed by atoms with van der Waals surface area (Å²) in [5.41, 5.74) is 7.07. The standard InChI is InChI=1S/C19H26ClN3O2/c20-14-7-8-15(19(25)23-9-2-1-3-10-23)17(12-14)22-18(24)11-13-5-4-6-16(13)21/h7-8,12-13,16H,1-6,9-11,21H2,(H,22,24)/t13-,16+/m0/s1. The van der Waals surface area contributed by atoms with E-state index in [4.69, 9.17) is 17.3 Å². The molecular formula is C19H26ClN3O2. The number of halogens is 1. The van der Waals surface area contributed by atoms with Crippen LogP contribution in [0.1, 0.15) is 55.3 Å². The molecule has 136 valence electrons. The zero-order valence-corrected chi connectivity index (χ0v) is 15.2. The summed E-state index contributed by atoms with van der Waals surface area (Å²) in [5, 5.41) is 3.40. The zero-order chi connectivity index (χ0) is 17.8. The van der Waals surface area contributed by atoms with Crippen LogP contribution in [0, 0.1) is 5.92 Å². The van der Waals surface area contributed by atoms with Gasteiger partial charge >= 0.3 is 0 Å². The number of hydrogen-bond donors (Lipinski definition) is 2. The Balaban J connectivity index is 1.72. The molecule has 3 N–H and O–H groups in total. The Morgan fingerprint density at radius 3 is 2.60 bits per heavy atom. The molecular weight excluding hydrogens is 338 g/mol. The van der Waals surface area contributed by atoms with Crippen LogP contribution in [0.3, 0.4) is 0 Å². The maximum Gasteiger partial charge on any atom is 0.255 e. The highest BCUT2D eigenvalue weighted by Gasteiger charge is 2.27. The summed E-state index contributed by atoms with van der Waals surface area (Å²) in [6.07, 6.45) is 6.66. The van der Waals surface area contributed by atoms with Crippen molar-refractivity contribution in [3.05, 3.63) is 28.8 Å². The Morgan fingerprint density at radius 2 is 1.92 bits per heavy atom. The van der Waals surface area contributed by atoms with E-state index >= 15 is 0 Å². The van der Waals surface area contributed by atoms with Gasteiger partial charge in [0.15, 0.2) is 0 Å². The average molecular weight is 364 g/mol. The molecule has 3 rings (SSSR count). The summed E-state index contributed by atoms with van der Waals surface area (Å²) in [7, 11) is 0. The van der Waals surface area contributed by atoms with Gasteiger partial charge < -0.3 is 16.0 Å². The second kappa shape index (κ2) is 8.19. The minimum Gasteiger partial charge on any atom is -0.339 e. The summed E-state index contributed by atoms with van der Waals surface area (Å²) in [4.78, 5) is 27.1. The van der Waals surface area contributed by atoms with Crippen LogP contribution in [-0.2, 0) is 4.79 Å². The number of nitrogens with two attached hydrogens (primary N) is 1. The molecule has 1 aliphatic carbocycles. The van der Waals surface area contributed by atoms with E-state index in [2.05, 4.69) is 5.32 Å². The number of benzene rings is 1. The number of amides is 2. The van der Waals surface area contributed by atoms with Crippen LogP contribution in [-0.4, -0.2) is 35.8 Å². The van der Waals surface area contributed by atoms with E-state index < -0.39 is 0 Å². The molecule has 0 aromatic heterocycles. The fraction of sp³-hybridized carbons (Fsp3) is 0.579. The van der Waals surface area contributed by atoms with Crippen LogP contribution in [0.2, 0.25) is 5.02 Å². The maximum atomic E-state index is 12.8. The van der Waals surface area contributed by atoms with E-state index in [1.165, 1.54) is 0 Å². The van der Waals surface area contributed by atoms with Crippen LogP contribution in [0.25, 0.3) is 0 Å². The minimum atomic E-state index is -0.0997. The molecule has 2 aliphatic rings. The SMILES string of the molecule is N[C@@H]1CCC[C@H]1CC(=O)Nc1cc(Cl)ccc1C(=O)N1CCCCC1. The molecule has 1 heterocycles. The Kier molecular flexibility index (Phi) is 5.97. The second-order valence-electron chi connectivity index (χ2n) is 7.15. The molecule has 2 amide bonds. The molecule has 2 fully saturated rings. The molecule has 0 spiro atoms.